The Labute approximate surface area is 106 Å². The van der Waals surface area contributed by atoms with Crippen LogP contribution in [-0.2, 0) is 4.74 Å². The summed E-state index contributed by atoms with van der Waals surface area (Å²) in [5.41, 5.74) is 0.231. The van der Waals surface area contributed by atoms with Gasteiger partial charge in [-0.1, -0.05) is 12.1 Å². The summed E-state index contributed by atoms with van der Waals surface area (Å²) >= 11 is 0. The fourth-order valence-electron chi connectivity index (χ4n) is 1.89. The third kappa shape index (κ3) is 1.67. The average molecular weight is 258 g/mol. The number of carbonyl (C=O) groups excluding carboxylic acids is 1. The van der Waals surface area contributed by atoms with E-state index in [4.69, 9.17) is 4.74 Å². The molecular formula is C12H10N4O3. The topological polar surface area (TPSA) is 89.3 Å². The minimum absolute atomic E-state index is 0.176. The van der Waals surface area contributed by atoms with E-state index in [0.29, 0.717) is 5.65 Å². The number of hydrogen-bond donors (Lipinski definition) is 1. The van der Waals surface area contributed by atoms with Gasteiger partial charge in [0, 0.05) is 5.39 Å². The highest BCUT2D eigenvalue weighted by Gasteiger charge is 2.18. The van der Waals surface area contributed by atoms with Crippen molar-refractivity contribution in [2.75, 3.05) is 6.61 Å². The van der Waals surface area contributed by atoms with E-state index in [1.54, 1.807) is 6.92 Å². The number of rotatable bonds is 2. The Hall–Kier alpha value is -2.70. The Bertz CT molecular complexity index is 834. The van der Waals surface area contributed by atoms with Gasteiger partial charge in [-0.15, -0.1) is 10.2 Å². The maximum absolute atomic E-state index is 12.1. The van der Waals surface area contributed by atoms with Gasteiger partial charge in [0.15, 0.2) is 5.65 Å². The predicted octanol–water partition coefficient (Wildman–Crippen LogP) is 0.747. The Morgan fingerprint density at radius 3 is 2.95 bits per heavy atom. The number of H-pyrrole nitrogens is 1. The summed E-state index contributed by atoms with van der Waals surface area (Å²) in [5.74, 6) is -0.770. The molecule has 7 nitrogen and oxygen atoms in total. The summed E-state index contributed by atoms with van der Waals surface area (Å²) in [6, 6.07) is 7.30. The SMILES string of the molecule is CCOC(=O)c1nnc2c3ccccc3[nH]n2c1=O. The first kappa shape index (κ1) is 11.4. The lowest BCUT2D eigenvalue weighted by Crippen LogP contribution is -2.26. The molecule has 1 N–H and O–H groups in total. The molecule has 0 aliphatic heterocycles. The van der Waals surface area contributed by atoms with Crippen molar-refractivity contribution in [1.82, 2.24) is 19.8 Å². The van der Waals surface area contributed by atoms with Crippen LogP contribution in [0.5, 0.6) is 0 Å². The molecule has 0 aliphatic carbocycles. The highest BCUT2D eigenvalue weighted by Crippen LogP contribution is 2.15. The molecule has 0 spiro atoms. The van der Waals surface area contributed by atoms with Crippen molar-refractivity contribution in [2.45, 2.75) is 6.92 Å². The van der Waals surface area contributed by atoms with Gasteiger partial charge < -0.3 is 4.74 Å². The molecule has 2 aromatic heterocycles. The van der Waals surface area contributed by atoms with Gasteiger partial charge >= 0.3 is 11.5 Å². The summed E-state index contributed by atoms with van der Waals surface area (Å²) in [7, 11) is 0. The van der Waals surface area contributed by atoms with Crippen LogP contribution in [0.15, 0.2) is 29.1 Å². The molecule has 3 aromatic rings. The number of para-hydroxylation sites is 1. The van der Waals surface area contributed by atoms with Crippen molar-refractivity contribution in [2.24, 2.45) is 0 Å². The molecule has 2 heterocycles. The van der Waals surface area contributed by atoms with Crippen LogP contribution in [0.4, 0.5) is 0 Å². The summed E-state index contributed by atoms with van der Waals surface area (Å²) < 4.78 is 5.96. The number of ether oxygens (including phenoxy) is 1. The second-order valence-corrected chi connectivity index (χ2v) is 3.89. The summed E-state index contributed by atoms with van der Waals surface area (Å²) in [6.45, 7) is 1.83. The lowest BCUT2D eigenvalue weighted by atomic mass is 10.2. The number of benzene rings is 1. The van der Waals surface area contributed by atoms with Crippen LogP contribution < -0.4 is 5.56 Å². The molecule has 0 amide bonds. The highest BCUT2D eigenvalue weighted by atomic mass is 16.5. The van der Waals surface area contributed by atoms with Gasteiger partial charge in [0.2, 0.25) is 5.69 Å². The van der Waals surface area contributed by atoms with Crippen LogP contribution >= 0.6 is 0 Å². The molecule has 0 saturated heterocycles. The summed E-state index contributed by atoms with van der Waals surface area (Å²) in [6.07, 6.45) is 0. The Balaban J connectivity index is 2.31. The van der Waals surface area contributed by atoms with Crippen LogP contribution in [0.2, 0.25) is 0 Å². The van der Waals surface area contributed by atoms with Gasteiger partial charge in [0.25, 0.3) is 0 Å². The number of carbonyl (C=O) groups is 1. The monoisotopic (exact) mass is 258 g/mol. The molecule has 0 fully saturated rings. The molecule has 0 unspecified atom stereocenters. The zero-order valence-electron chi connectivity index (χ0n) is 10.1. The average Bonchev–Trinajstić information content (AvgIpc) is 2.79. The van der Waals surface area contributed by atoms with Crippen LogP contribution in [0.1, 0.15) is 17.4 Å². The lowest BCUT2D eigenvalue weighted by molar-refractivity contribution is 0.0515. The third-order valence-corrected chi connectivity index (χ3v) is 2.73. The molecule has 0 bridgehead atoms. The van der Waals surface area contributed by atoms with Gasteiger partial charge in [-0.05, 0) is 19.1 Å². The molecule has 0 saturated carbocycles. The smallest absolute Gasteiger partial charge is 0.364 e. The number of hydrogen-bond acceptors (Lipinski definition) is 5. The minimum atomic E-state index is -0.770. The van der Waals surface area contributed by atoms with Crippen LogP contribution in [0.3, 0.4) is 0 Å². The molecule has 0 atom stereocenters. The quantitative estimate of drug-likeness (QED) is 0.685. The maximum atomic E-state index is 12.1. The highest BCUT2D eigenvalue weighted by molar-refractivity contribution is 5.92. The molecule has 96 valence electrons. The van der Waals surface area contributed by atoms with E-state index in [9.17, 15) is 9.59 Å². The zero-order valence-corrected chi connectivity index (χ0v) is 10.1. The normalized spacial score (nSPS) is 11.0. The molecule has 7 heteroatoms. The van der Waals surface area contributed by atoms with Gasteiger partial charge in [0.1, 0.15) is 0 Å². The maximum Gasteiger partial charge on any atom is 0.364 e. The molecule has 0 radical (unpaired) electrons. The second kappa shape index (κ2) is 4.20. The molecule has 1 aromatic carbocycles. The Morgan fingerprint density at radius 1 is 1.37 bits per heavy atom. The van der Waals surface area contributed by atoms with E-state index in [1.165, 1.54) is 4.52 Å². The Morgan fingerprint density at radius 2 is 2.16 bits per heavy atom. The van der Waals surface area contributed by atoms with E-state index < -0.39 is 11.5 Å². The summed E-state index contributed by atoms with van der Waals surface area (Å²) in [4.78, 5) is 23.7. The van der Waals surface area contributed by atoms with E-state index in [1.807, 2.05) is 24.3 Å². The molecule has 3 rings (SSSR count). The van der Waals surface area contributed by atoms with E-state index in [0.717, 1.165) is 10.9 Å². The number of fused-ring (bicyclic) bond motifs is 3. The van der Waals surface area contributed by atoms with Crippen LogP contribution in [-0.4, -0.2) is 32.4 Å². The van der Waals surface area contributed by atoms with Gasteiger partial charge in [-0.2, -0.15) is 4.52 Å². The largest absolute Gasteiger partial charge is 0.461 e. The number of aromatic amines is 1. The van der Waals surface area contributed by atoms with Crippen LogP contribution in [0.25, 0.3) is 16.6 Å². The fourth-order valence-corrected chi connectivity index (χ4v) is 1.89. The first-order chi connectivity index (χ1) is 9.22. The minimum Gasteiger partial charge on any atom is -0.461 e. The summed E-state index contributed by atoms with van der Waals surface area (Å²) in [5, 5.41) is 11.2. The van der Waals surface area contributed by atoms with Crippen molar-refractivity contribution in [1.29, 1.82) is 0 Å². The van der Waals surface area contributed by atoms with Gasteiger partial charge in [-0.25, -0.2) is 4.79 Å². The Kier molecular flexibility index (Phi) is 2.52. The lowest BCUT2D eigenvalue weighted by Gasteiger charge is -1.99. The third-order valence-electron chi connectivity index (χ3n) is 2.73. The van der Waals surface area contributed by atoms with Crippen molar-refractivity contribution < 1.29 is 9.53 Å². The van der Waals surface area contributed by atoms with Crippen molar-refractivity contribution in [3.8, 4) is 0 Å². The first-order valence-electron chi connectivity index (χ1n) is 5.75. The number of esters is 1. The number of nitrogens with zero attached hydrogens (tertiary/aromatic N) is 3. The van der Waals surface area contributed by atoms with E-state index in [-0.39, 0.29) is 12.3 Å². The number of aromatic nitrogens is 4. The predicted molar refractivity (Wildman–Crippen MR) is 67.1 cm³/mol. The standard InChI is InChI=1S/C12H10N4O3/c1-2-19-12(18)9-11(17)16-10(14-13-9)7-5-3-4-6-8(7)15-16/h3-6,15H,2H2,1H3. The fraction of sp³-hybridized carbons (Fsp3) is 0.167. The van der Waals surface area contributed by atoms with Crippen molar-refractivity contribution >= 4 is 22.5 Å². The van der Waals surface area contributed by atoms with E-state index >= 15 is 0 Å². The molecule has 19 heavy (non-hydrogen) atoms. The van der Waals surface area contributed by atoms with Crippen molar-refractivity contribution in [3.63, 3.8) is 0 Å². The van der Waals surface area contributed by atoms with Gasteiger partial charge in [-0.3, -0.25) is 9.89 Å². The second-order valence-electron chi connectivity index (χ2n) is 3.89. The zero-order chi connectivity index (χ0) is 13.4. The molecular weight excluding hydrogens is 248 g/mol. The first-order valence-corrected chi connectivity index (χ1v) is 5.75. The molecule has 0 aliphatic rings. The van der Waals surface area contributed by atoms with Crippen molar-refractivity contribution in [3.05, 3.63) is 40.3 Å². The number of nitrogens with one attached hydrogen (secondary N) is 1. The van der Waals surface area contributed by atoms with Gasteiger partial charge in [0.05, 0.1) is 12.1 Å². The van der Waals surface area contributed by atoms with E-state index in [2.05, 4.69) is 15.3 Å². The van der Waals surface area contributed by atoms with Crippen LogP contribution in [0, 0.1) is 0 Å².